The highest BCUT2D eigenvalue weighted by molar-refractivity contribution is 5.81. The third kappa shape index (κ3) is 1.36. The van der Waals surface area contributed by atoms with Crippen LogP contribution in [-0.4, -0.2) is 4.57 Å². The van der Waals surface area contributed by atoms with E-state index in [0.29, 0.717) is 0 Å². The van der Waals surface area contributed by atoms with E-state index in [-0.39, 0.29) is 0 Å². The number of hydrogen-bond donors (Lipinski definition) is 1. The molecule has 0 saturated heterocycles. The van der Waals surface area contributed by atoms with E-state index in [4.69, 9.17) is 5.73 Å². The Morgan fingerprint density at radius 3 is 2.94 bits per heavy atom. The molecule has 0 fully saturated rings. The van der Waals surface area contributed by atoms with Crippen molar-refractivity contribution in [2.24, 2.45) is 0 Å². The quantitative estimate of drug-likeness (QED) is 0.611. The maximum Gasteiger partial charge on any atom is 0.0534 e. The Labute approximate surface area is 93.9 Å². The second-order valence-electron chi connectivity index (χ2n) is 3.77. The number of hydrogen-bond acceptors (Lipinski definition) is 1. The summed E-state index contributed by atoms with van der Waals surface area (Å²) in [5.74, 6) is 0. The summed E-state index contributed by atoms with van der Waals surface area (Å²) >= 11 is 0. The summed E-state index contributed by atoms with van der Waals surface area (Å²) in [5, 5.41) is 1.21. The first-order valence-corrected chi connectivity index (χ1v) is 5.18. The lowest BCUT2D eigenvalue weighted by molar-refractivity contribution is 1.13. The summed E-state index contributed by atoms with van der Waals surface area (Å²) in [5.41, 5.74) is 8.79. The van der Waals surface area contributed by atoms with Crippen molar-refractivity contribution in [2.75, 3.05) is 5.73 Å². The second-order valence-corrected chi connectivity index (χ2v) is 3.77. The first kappa shape index (κ1) is 9.04. The van der Waals surface area contributed by atoms with Crippen LogP contribution in [0, 0.1) is 6.07 Å². The van der Waals surface area contributed by atoms with E-state index in [1.165, 1.54) is 5.39 Å². The molecule has 1 aromatic heterocycles. The van der Waals surface area contributed by atoms with Gasteiger partial charge in [0.2, 0.25) is 0 Å². The molecule has 2 N–H and O–H groups in total. The summed E-state index contributed by atoms with van der Waals surface area (Å²) in [6.07, 6.45) is 2.05. The van der Waals surface area contributed by atoms with E-state index in [1.807, 2.05) is 42.6 Å². The number of rotatable bonds is 1. The Bertz CT molecular complexity index is 638. The van der Waals surface area contributed by atoms with Crippen LogP contribution in [-0.2, 0) is 0 Å². The number of nitrogens with zero attached hydrogens (tertiary/aromatic N) is 1. The van der Waals surface area contributed by atoms with Crippen molar-refractivity contribution in [3.8, 4) is 5.69 Å². The lowest BCUT2D eigenvalue weighted by atomic mass is 10.2. The van der Waals surface area contributed by atoms with Crippen molar-refractivity contribution in [1.29, 1.82) is 0 Å². The molecule has 3 aromatic rings. The molecule has 0 unspecified atom stereocenters. The summed E-state index contributed by atoms with van der Waals surface area (Å²) in [6.45, 7) is 0. The molecule has 2 aromatic carbocycles. The van der Waals surface area contributed by atoms with Gasteiger partial charge in [-0.15, -0.1) is 0 Å². The minimum Gasteiger partial charge on any atom is -0.399 e. The van der Waals surface area contributed by atoms with Crippen LogP contribution >= 0.6 is 0 Å². The van der Waals surface area contributed by atoms with Crippen molar-refractivity contribution in [3.63, 3.8) is 0 Å². The van der Waals surface area contributed by atoms with Crippen LogP contribution in [0.4, 0.5) is 5.69 Å². The molecule has 0 amide bonds. The summed E-state index contributed by atoms with van der Waals surface area (Å²) in [6, 6.07) is 19.0. The second kappa shape index (κ2) is 3.42. The lowest BCUT2D eigenvalue weighted by Gasteiger charge is -2.05. The van der Waals surface area contributed by atoms with Crippen LogP contribution in [0.5, 0.6) is 0 Å². The fraction of sp³-hybridized carbons (Fsp3) is 0. The zero-order chi connectivity index (χ0) is 11.0. The number of anilines is 1. The number of nitrogen functional groups attached to an aromatic ring is 1. The van der Waals surface area contributed by atoms with Crippen molar-refractivity contribution < 1.29 is 0 Å². The van der Waals surface area contributed by atoms with Gasteiger partial charge in [-0.1, -0.05) is 18.2 Å². The van der Waals surface area contributed by atoms with Crippen LogP contribution in [0.2, 0.25) is 0 Å². The molecule has 3 rings (SSSR count). The molecule has 0 aliphatic heterocycles. The molecule has 77 valence electrons. The standard InChI is InChI=1S/C14H11N2/c15-12-5-3-6-13(10-12)16-9-8-11-4-1-2-7-14(11)16/h1,3-10H,15H2. The molecular formula is C14H11N2. The number of benzene rings is 2. The van der Waals surface area contributed by atoms with Gasteiger partial charge in [0.05, 0.1) is 5.52 Å². The number of nitrogens with two attached hydrogens (primary N) is 1. The van der Waals surface area contributed by atoms with Gasteiger partial charge in [-0.2, -0.15) is 0 Å². The van der Waals surface area contributed by atoms with Crippen molar-refractivity contribution in [1.82, 2.24) is 4.57 Å². The maximum absolute atomic E-state index is 5.79. The molecule has 2 nitrogen and oxygen atoms in total. The summed E-state index contributed by atoms with van der Waals surface area (Å²) in [4.78, 5) is 0. The van der Waals surface area contributed by atoms with Crippen LogP contribution < -0.4 is 5.73 Å². The van der Waals surface area contributed by atoms with Gasteiger partial charge in [0.1, 0.15) is 0 Å². The normalized spacial score (nSPS) is 10.8. The first-order chi connectivity index (χ1) is 7.84. The smallest absolute Gasteiger partial charge is 0.0534 e. The lowest BCUT2D eigenvalue weighted by Crippen LogP contribution is -1.93. The highest BCUT2D eigenvalue weighted by Crippen LogP contribution is 2.20. The average Bonchev–Trinajstić information content (AvgIpc) is 2.72. The number of fused-ring (bicyclic) bond motifs is 1. The summed E-state index contributed by atoms with van der Waals surface area (Å²) in [7, 11) is 0. The molecular weight excluding hydrogens is 196 g/mol. The van der Waals surface area contributed by atoms with E-state index >= 15 is 0 Å². The van der Waals surface area contributed by atoms with Gasteiger partial charge in [-0.05, 0) is 41.8 Å². The zero-order valence-electron chi connectivity index (χ0n) is 8.72. The minimum absolute atomic E-state index is 0.777. The Balaban J connectivity index is 2.26. The number of aromatic nitrogens is 1. The molecule has 0 saturated carbocycles. The molecule has 1 radical (unpaired) electrons. The topological polar surface area (TPSA) is 30.9 Å². The predicted molar refractivity (Wildman–Crippen MR) is 66.5 cm³/mol. The highest BCUT2D eigenvalue weighted by atomic mass is 15.0. The van der Waals surface area contributed by atoms with Gasteiger partial charge in [0, 0.05) is 17.6 Å². The molecule has 0 atom stereocenters. The Morgan fingerprint density at radius 1 is 1.12 bits per heavy atom. The molecule has 2 heteroatoms. The molecule has 0 bridgehead atoms. The monoisotopic (exact) mass is 207 g/mol. The Morgan fingerprint density at radius 2 is 2.06 bits per heavy atom. The largest absolute Gasteiger partial charge is 0.399 e. The van der Waals surface area contributed by atoms with Crippen LogP contribution in [0.25, 0.3) is 16.6 Å². The predicted octanol–water partition coefficient (Wildman–Crippen LogP) is 3.01. The average molecular weight is 207 g/mol. The SMILES string of the molecule is Nc1cccc(-n2ccc3cc[c]cc32)c1. The van der Waals surface area contributed by atoms with Crippen LogP contribution in [0.3, 0.4) is 0 Å². The molecule has 0 aliphatic rings. The van der Waals surface area contributed by atoms with Gasteiger partial charge in [0.15, 0.2) is 0 Å². The van der Waals surface area contributed by atoms with E-state index in [0.717, 1.165) is 16.9 Å². The molecule has 1 heterocycles. The van der Waals surface area contributed by atoms with Gasteiger partial charge in [-0.25, -0.2) is 0 Å². The summed E-state index contributed by atoms with van der Waals surface area (Å²) < 4.78 is 2.11. The zero-order valence-corrected chi connectivity index (χ0v) is 8.72. The van der Waals surface area contributed by atoms with E-state index < -0.39 is 0 Å². The molecule has 0 spiro atoms. The minimum atomic E-state index is 0.777. The van der Waals surface area contributed by atoms with Gasteiger partial charge in [-0.3, -0.25) is 0 Å². The van der Waals surface area contributed by atoms with Crippen molar-refractivity contribution in [2.45, 2.75) is 0 Å². The van der Waals surface area contributed by atoms with Crippen LogP contribution in [0.15, 0.2) is 54.7 Å². The highest BCUT2D eigenvalue weighted by Gasteiger charge is 2.01. The van der Waals surface area contributed by atoms with Crippen molar-refractivity contribution >= 4 is 16.6 Å². The van der Waals surface area contributed by atoms with E-state index in [9.17, 15) is 0 Å². The Kier molecular flexibility index (Phi) is 1.93. The molecule has 0 aliphatic carbocycles. The first-order valence-electron chi connectivity index (χ1n) is 5.18. The maximum atomic E-state index is 5.79. The van der Waals surface area contributed by atoms with Crippen LogP contribution in [0.1, 0.15) is 0 Å². The fourth-order valence-corrected chi connectivity index (χ4v) is 1.92. The van der Waals surface area contributed by atoms with E-state index in [2.05, 4.69) is 22.8 Å². The Hall–Kier alpha value is -2.22. The molecule has 16 heavy (non-hydrogen) atoms. The fourth-order valence-electron chi connectivity index (χ4n) is 1.92. The third-order valence-electron chi connectivity index (χ3n) is 2.69. The van der Waals surface area contributed by atoms with Gasteiger partial charge >= 0.3 is 0 Å². The van der Waals surface area contributed by atoms with Crippen molar-refractivity contribution in [3.05, 3.63) is 60.8 Å². The van der Waals surface area contributed by atoms with Gasteiger partial charge in [0.25, 0.3) is 0 Å². The van der Waals surface area contributed by atoms with Gasteiger partial charge < -0.3 is 10.3 Å². The third-order valence-corrected chi connectivity index (χ3v) is 2.69. The van der Waals surface area contributed by atoms with E-state index in [1.54, 1.807) is 0 Å².